The van der Waals surface area contributed by atoms with E-state index in [0.717, 1.165) is 0 Å². The van der Waals surface area contributed by atoms with Crippen molar-refractivity contribution in [2.24, 2.45) is 10.9 Å². The molecule has 7 nitrogen and oxygen atoms in total. The third-order valence-corrected chi connectivity index (χ3v) is 3.66. The molecule has 120 valence electrons. The number of nitrogens with zero attached hydrogens (tertiary/aromatic N) is 1. The summed E-state index contributed by atoms with van der Waals surface area (Å²) in [4.78, 5) is 18.9. The zero-order valence-electron chi connectivity index (χ0n) is 11.9. The molecule has 2 atom stereocenters. The van der Waals surface area contributed by atoms with Gasteiger partial charge in [0.2, 0.25) is 0 Å². The lowest BCUT2D eigenvalue weighted by Crippen LogP contribution is -2.17. The number of hydrogen-bond donors (Lipinski definition) is 4. The van der Waals surface area contributed by atoms with Gasteiger partial charge in [0.15, 0.2) is 0 Å². The summed E-state index contributed by atoms with van der Waals surface area (Å²) < 4.78 is 13.8. The van der Waals surface area contributed by atoms with Crippen molar-refractivity contribution in [1.29, 1.82) is 0 Å². The lowest BCUT2D eigenvalue weighted by atomic mass is 10.0. The Hall–Kier alpha value is -2.19. The maximum Gasteiger partial charge on any atom is 0.306 e. The van der Waals surface area contributed by atoms with Crippen LogP contribution in [0.5, 0.6) is 0 Å². The topological polar surface area (TPSA) is 111 Å². The number of rotatable bonds is 4. The molecule has 0 saturated heterocycles. The number of halogens is 1. The van der Waals surface area contributed by atoms with Crippen LogP contribution in [0, 0.1) is 5.92 Å². The lowest BCUT2D eigenvalue weighted by Gasteiger charge is -2.18. The molecule has 4 N–H and O–H groups in total. The van der Waals surface area contributed by atoms with Crippen LogP contribution < -0.4 is 5.32 Å². The fraction of sp³-hybridized carbons (Fsp3) is 0.429. The molecule has 1 aliphatic carbocycles. The van der Waals surface area contributed by atoms with Crippen LogP contribution in [-0.4, -0.2) is 39.9 Å². The zero-order valence-corrected chi connectivity index (χ0v) is 11.9. The molecule has 0 bridgehead atoms. The van der Waals surface area contributed by atoms with E-state index in [2.05, 4.69) is 15.2 Å². The number of carboxylic acid groups (broad SMARTS) is 1. The molecule has 0 aromatic carbocycles. The van der Waals surface area contributed by atoms with Crippen molar-refractivity contribution in [2.45, 2.75) is 25.9 Å². The highest BCUT2D eigenvalue weighted by atomic mass is 19.1. The van der Waals surface area contributed by atoms with E-state index in [-0.39, 0.29) is 36.5 Å². The number of alkyl halides is 1. The first-order valence-electron chi connectivity index (χ1n) is 6.70. The quantitative estimate of drug-likeness (QED) is 0.466. The zero-order chi connectivity index (χ0) is 16.3. The Bertz CT molecular complexity index is 594. The number of hydrogen-bond acceptors (Lipinski definition) is 6. The number of dihydropyridines is 1. The molecule has 0 unspecified atom stereocenters. The van der Waals surface area contributed by atoms with Crippen molar-refractivity contribution < 1.29 is 29.5 Å². The standard InChI is InChI=1S/C14H17FN2O5/c1-7-13(18)10(9(4-16-7)6-22-21)5-17-12-3-8(14(19)20)2-11(12)15/h4-5,8,11,16,18,21H,2-3,6H2,1H3,(H,19,20)/b10-5-,17-12?/t8-,11-/m0/s1. The van der Waals surface area contributed by atoms with Gasteiger partial charge in [0.1, 0.15) is 18.5 Å². The van der Waals surface area contributed by atoms with E-state index in [0.29, 0.717) is 11.3 Å². The van der Waals surface area contributed by atoms with Gasteiger partial charge in [-0.3, -0.25) is 15.0 Å². The smallest absolute Gasteiger partial charge is 0.306 e. The van der Waals surface area contributed by atoms with E-state index in [4.69, 9.17) is 10.4 Å². The van der Waals surface area contributed by atoms with Gasteiger partial charge >= 0.3 is 5.97 Å². The van der Waals surface area contributed by atoms with E-state index in [1.54, 1.807) is 6.92 Å². The van der Waals surface area contributed by atoms with Crippen molar-refractivity contribution in [3.05, 3.63) is 35.0 Å². The van der Waals surface area contributed by atoms with Gasteiger partial charge < -0.3 is 15.5 Å². The summed E-state index contributed by atoms with van der Waals surface area (Å²) in [7, 11) is 0. The minimum absolute atomic E-state index is 0.0392. The molecule has 1 heterocycles. The molecular weight excluding hydrogens is 295 g/mol. The maximum absolute atomic E-state index is 13.8. The van der Waals surface area contributed by atoms with Crippen molar-refractivity contribution >= 4 is 11.7 Å². The van der Waals surface area contributed by atoms with Gasteiger partial charge in [-0.25, -0.2) is 9.28 Å². The Morgan fingerprint density at radius 3 is 2.95 bits per heavy atom. The molecular formula is C14H17FN2O5. The van der Waals surface area contributed by atoms with Gasteiger partial charge in [-0.05, 0) is 13.3 Å². The highest BCUT2D eigenvalue weighted by Crippen LogP contribution is 2.28. The summed E-state index contributed by atoms with van der Waals surface area (Å²) >= 11 is 0. The number of carbonyl (C=O) groups is 1. The van der Waals surface area contributed by atoms with Gasteiger partial charge in [-0.2, -0.15) is 0 Å². The first kappa shape index (κ1) is 16.2. The van der Waals surface area contributed by atoms with Crippen LogP contribution in [-0.2, 0) is 9.68 Å². The molecule has 1 fully saturated rings. The van der Waals surface area contributed by atoms with Crippen LogP contribution in [0.2, 0.25) is 0 Å². The first-order valence-corrected chi connectivity index (χ1v) is 6.70. The third kappa shape index (κ3) is 3.34. The predicted molar refractivity (Wildman–Crippen MR) is 75.9 cm³/mol. The third-order valence-electron chi connectivity index (χ3n) is 3.66. The van der Waals surface area contributed by atoms with Crippen molar-refractivity contribution in [3.8, 4) is 0 Å². The summed E-state index contributed by atoms with van der Waals surface area (Å²) in [5.74, 6) is -1.92. The van der Waals surface area contributed by atoms with Gasteiger partial charge in [0.05, 0.1) is 17.3 Å². The molecule has 1 saturated carbocycles. The van der Waals surface area contributed by atoms with Gasteiger partial charge in [0, 0.05) is 30.0 Å². The number of nitrogens with one attached hydrogen (secondary N) is 1. The number of allylic oxidation sites excluding steroid dienone is 2. The van der Waals surface area contributed by atoms with Crippen LogP contribution >= 0.6 is 0 Å². The predicted octanol–water partition coefficient (Wildman–Crippen LogP) is 1.91. The van der Waals surface area contributed by atoms with E-state index in [1.165, 1.54) is 12.4 Å². The average Bonchev–Trinajstić information content (AvgIpc) is 2.84. The molecule has 0 aromatic heterocycles. The monoisotopic (exact) mass is 312 g/mol. The Kier molecular flexibility index (Phi) is 4.94. The second kappa shape index (κ2) is 6.71. The minimum atomic E-state index is -1.41. The second-order valence-electron chi connectivity index (χ2n) is 5.17. The number of aliphatic imine (C=N–C) groups is 1. The van der Waals surface area contributed by atoms with Crippen LogP contribution in [0.25, 0.3) is 0 Å². The normalized spacial score (nSPS) is 29.0. The van der Waals surface area contributed by atoms with Crippen LogP contribution in [0.15, 0.2) is 40.0 Å². The molecule has 0 spiro atoms. The first-order chi connectivity index (χ1) is 10.4. The summed E-state index contributed by atoms with van der Waals surface area (Å²) in [6.45, 7) is 1.45. The van der Waals surface area contributed by atoms with E-state index in [1.807, 2.05) is 0 Å². The Labute approximate surface area is 126 Å². The Morgan fingerprint density at radius 2 is 2.36 bits per heavy atom. The average molecular weight is 312 g/mol. The van der Waals surface area contributed by atoms with Crippen molar-refractivity contribution in [1.82, 2.24) is 5.32 Å². The SMILES string of the molecule is CC1=C(O)/C(=C\N=C2C[C@@H](C(=O)O)C[C@@H]2F)C(COO)=CN1. The molecule has 0 aromatic rings. The molecule has 0 amide bonds. The fourth-order valence-corrected chi connectivity index (χ4v) is 2.35. The molecule has 0 radical (unpaired) electrons. The highest BCUT2D eigenvalue weighted by molar-refractivity contribution is 5.95. The van der Waals surface area contributed by atoms with Crippen LogP contribution in [0.1, 0.15) is 19.8 Å². The van der Waals surface area contributed by atoms with E-state index < -0.39 is 18.1 Å². The number of aliphatic hydroxyl groups is 1. The summed E-state index contributed by atoms with van der Waals surface area (Å²) in [6, 6.07) is 0. The van der Waals surface area contributed by atoms with Gasteiger partial charge in [-0.15, -0.1) is 0 Å². The molecule has 8 heteroatoms. The van der Waals surface area contributed by atoms with Gasteiger partial charge in [-0.1, -0.05) is 0 Å². The van der Waals surface area contributed by atoms with Crippen molar-refractivity contribution in [3.63, 3.8) is 0 Å². The van der Waals surface area contributed by atoms with Crippen LogP contribution in [0.4, 0.5) is 4.39 Å². The number of aliphatic hydroxyl groups excluding tert-OH is 1. The molecule has 2 aliphatic rings. The highest BCUT2D eigenvalue weighted by Gasteiger charge is 2.35. The summed E-state index contributed by atoms with van der Waals surface area (Å²) in [5, 5.41) is 30.3. The summed E-state index contributed by atoms with van der Waals surface area (Å²) in [5.41, 5.74) is 1.31. The molecule has 1 aliphatic heterocycles. The van der Waals surface area contributed by atoms with Crippen molar-refractivity contribution in [2.75, 3.05) is 6.61 Å². The lowest BCUT2D eigenvalue weighted by molar-refractivity contribution is -0.233. The maximum atomic E-state index is 13.8. The minimum Gasteiger partial charge on any atom is -0.505 e. The van der Waals surface area contributed by atoms with E-state index >= 15 is 0 Å². The number of aliphatic carboxylic acids is 1. The van der Waals surface area contributed by atoms with E-state index in [9.17, 15) is 14.3 Å². The number of carboxylic acids is 1. The summed E-state index contributed by atoms with van der Waals surface area (Å²) in [6.07, 6.45) is 1.32. The second-order valence-corrected chi connectivity index (χ2v) is 5.17. The fourth-order valence-electron chi connectivity index (χ4n) is 2.35. The molecule has 2 rings (SSSR count). The molecule has 22 heavy (non-hydrogen) atoms. The Balaban J connectivity index is 2.26. The van der Waals surface area contributed by atoms with Crippen LogP contribution in [0.3, 0.4) is 0 Å². The largest absolute Gasteiger partial charge is 0.505 e. The Morgan fingerprint density at radius 1 is 1.64 bits per heavy atom. The van der Waals surface area contributed by atoms with Gasteiger partial charge in [0.25, 0.3) is 0 Å².